The number of nitrogens with zero attached hydrogens (tertiary/aromatic N) is 1. The number of hydrogen-bond acceptors (Lipinski definition) is 1. The highest BCUT2D eigenvalue weighted by atomic mass is 79.9. The van der Waals surface area contributed by atoms with Crippen molar-refractivity contribution in [2.24, 2.45) is 0 Å². The SMILES string of the molecule is BrCCc1cccc2ccncc12. The quantitative estimate of drug-likeness (QED) is 0.730. The van der Waals surface area contributed by atoms with Gasteiger partial charge in [-0.05, 0) is 23.4 Å². The molecule has 0 N–H and O–H groups in total. The average Bonchev–Trinajstić information content (AvgIpc) is 2.19. The molecular formula is C11H10BrN. The van der Waals surface area contributed by atoms with Crippen LogP contribution in [0.4, 0.5) is 0 Å². The first kappa shape index (κ1) is 8.70. The Morgan fingerprint density at radius 3 is 3.00 bits per heavy atom. The molecule has 0 saturated heterocycles. The molecule has 2 heteroatoms. The van der Waals surface area contributed by atoms with E-state index >= 15 is 0 Å². The molecule has 0 bridgehead atoms. The minimum absolute atomic E-state index is 1.00. The van der Waals surface area contributed by atoms with Gasteiger partial charge in [-0.3, -0.25) is 4.98 Å². The molecule has 0 aliphatic carbocycles. The van der Waals surface area contributed by atoms with Crippen molar-refractivity contribution < 1.29 is 0 Å². The number of hydrogen-bond donors (Lipinski definition) is 0. The van der Waals surface area contributed by atoms with Gasteiger partial charge in [-0.1, -0.05) is 34.1 Å². The zero-order valence-corrected chi connectivity index (χ0v) is 8.79. The summed E-state index contributed by atoms with van der Waals surface area (Å²) < 4.78 is 0. The molecule has 1 heterocycles. The van der Waals surface area contributed by atoms with E-state index in [1.54, 1.807) is 0 Å². The summed E-state index contributed by atoms with van der Waals surface area (Å²) in [5.74, 6) is 0. The van der Waals surface area contributed by atoms with Crippen LogP contribution < -0.4 is 0 Å². The minimum Gasteiger partial charge on any atom is -0.264 e. The van der Waals surface area contributed by atoms with Crippen LogP contribution in [0.25, 0.3) is 10.8 Å². The molecule has 0 unspecified atom stereocenters. The van der Waals surface area contributed by atoms with Crippen molar-refractivity contribution >= 4 is 26.7 Å². The van der Waals surface area contributed by atoms with Crippen LogP contribution in [0.2, 0.25) is 0 Å². The van der Waals surface area contributed by atoms with Crippen molar-refractivity contribution in [1.29, 1.82) is 0 Å². The Balaban J connectivity index is 2.61. The van der Waals surface area contributed by atoms with Crippen LogP contribution in [0.5, 0.6) is 0 Å². The second-order valence-corrected chi connectivity index (χ2v) is 3.75. The van der Waals surface area contributed by atoms with E-state index in [-0.39, 0.29) is 0 Å². The fourth-order valence-corrected chi connectivity index (χ4v) is 1.92. The van der Waals surface area contributed by atoms with Crippen molar-refractivity contribution in [2.75, 3.05) is 5.33 Å². The molecule has 0 saturated carbocycles. The van der Waals surface area contributed by atoms with Crippen molar-refractivity contribution in [1.82, 2.24) is 4.98 Å². The Hall–Kier alpha value is -0.890. The number of halogens is 1. The summed E-state index contributed by atoms with van der Waals surface area (Å²) in [6.07, 6.45) is 4.83. The third-order valence-electron chi connectivity index (χ3n) is 2.14. The van der Waals surface area contributed by atoms with Gasteiger partial charge < -0.3 is 0 Å². The van der Waals surface area contributed by atoms with Gasteiger partial charge in [0.05, 0.1) is 0 Å². The van der Waals surface area contributed by atoms with Crippen molar-refractivity contribution in [3.05, 3.63) is 42.2 Å². The van der Waals surface area contributed by atoms with Crippen LogP contribution in [0.15, 0.2) is 36.7 Å². The molecule has 0 fully saturated rings. The summed E-state index contributed by atoms with van der Waals surface area (Å²) in [7, 11) is 0. The summed E-state index contributed by atoms with van der Waals surface area (Å²) >= 11 is 3.45. The minimum atomic E-state index is 1.00. The summed E-state index contributed by atoms with van der Waals surface area (Å²) in [6, 6.07) is 8.42. The monoisotopic (exact) mass is 235 g/mol. The maximum Gasteiger partial charge on any atom is 0.0349 e. The zero-order valence-electron chi connectivity index (χ0n) is 7.20. The van der Waals surface area contributed by atoms with Crippen molar-refractivity contribution in [3.8, 4) is 0 Å². The number of fused-ring (bicyclic) bond motifs is 1. The summed E-state index contributed by atoms with van der Waals surface area (Å²) in [6.45, 7) is 0. The van der Waals surface area contributed by atoms with Gasteiger partial charge in [0.1, 0.15) is 0 Å². The highest BCUT2D eigenvalue weighted by Gasteiger charge is 1.98. The largest absolute Gasteiger partial charge is 0.264 e. The van der Waals surface area contributed by atoms with Gasteiger partial charge in [-0.2, -0.15) is 0 Å². The van der Waals surface area contributed by atoms with Crippen LogP contribution in [0, 0.1) is 0 Å². The normalized spacial score (nSPS) is 10.5. The van der Waals surface area contributed by atoms with Crippen LogP contribution >= 0.6 is 15.9 Å². The Morgan fingerprint density at radius 2 is 2.15 bits per heavy atom. The van der Waals surface area contributed by atoms with Gasteiger partial charge in [-0.15, -0.1) is 0 Å². The lowest BCUT2D eigenvalue weighted by atomic mass is 10.1. The van der Waals surface area contributed by atoms with Crippen LogP contribution in [-0.2, 0) is 6.42 Å². The highest BCUT2D eigenvalue weighted by molar-refractivity contribution is 9.09. The molecule has 1 aromatic heterocycles. The topological polar surface area (TPSA) is 12.9 Å². The Morgan fingerprint density at radius 1 is 1.23 bits per heavy atom. The predicted molar refractivity (Wildman–Crippen MR) is 59.2 cm³/mol. The highest BCUT2D eigenvalue weighted by Crippen LogP contribution is 2.17. The summed E-state index contributed by atoms with van der Waals surface area (Å²) in [4.78, 5) is 4.14. The van der Waals surface area contributed by atoms with Gasteiger partial charge >= 0.3 is 0 Å². The van der Waals surface area contributed by atoms with Crippen LogP contribution in [0.3, 0.4) is 0 Å². The van der Waals surface area contributed by atoms with E-state index in [0.29, 0.717) is 0 Å². The predicted octanol–water partition coefficient (Wildman–Crippen LogP) is 3.17. The molecule has 1 nitrogen and oxygen atoms in total. The number of benzene rings is 1. The lowest BCUT2D eigenvalue weighted by molar-refractivity contribution is 1.18. The standard InChI is InChI=1S/C11H10BrN/c12-6-4-9-2-1-3-10-5-7-13-8-11(9)10/h1-3,5,7-8H,4,6H2. The van der Waals surface area contributed by atoms with Gasteiger partial charge in [-0.25, -0.2) is 0 Å². The maximum absolute atomic E-state index is 4.14. The number of aromatic nitrogens is 1. The molecule has 0 atom stereocenters. The van der Waals surface area contributed by atoms with Crippen molar-refractivity contribution in [2.45, 2.75) is 6.42 Å². The molecular weight excluding hydrogens is 226 g/mol. The van der Waals surface area contributed by atoms with E-state index < -0.39 is 0 Å². The smallest absolute Gasteiger partial charge is 0.0349 e. The Kier molecular flexibility index (Phi) is 2.60. The molecule has 0 radical (unpaired) electrons. The van der Waals surface area contributed by atoms with E-state index in [1.807, 2.05) is 18.5 Å². The van der Waals surface area contributed by atoms with E-state index in [0.717, 1.165) is 11.8 Å². The molecule has 66 valence electrons. The lowest BCUT2D eigenvalue weighted by Gasteiger charge is -2.02. The Bertz CT molecular complexity index is 406. The maximum atomic E-state index is 4.14. The van der Waals surface area contributed by atoms with Crippen molar-refractivity contribution in [3.63, 3.8) is 0 Å². The second-order valence-electron chi connectivity index (χ2n) is 2.95. The first-order valence-electron chi connectivity index (χ1n) is 4.29. The molecule has 1 aromatic carbocycles. The average molecular weight is 236 g/mol. The molecule has 0 aliphatic heterocycles. The zero-order chi connectivity index (χ0) is 9.10. The van der Waals surface area contributed by atoms with Crippen LogP contribution in [-0.4, -0.2) is 10.3 Å². The summed E-state index contributed by atoms with van der Waals surface area (Å²) in [5, 5.41) is 3.54. The molecule has 2 rings (SSSR count). The fraction of sp³-hybridized carbons (Fsp3) is 0.182. The molecule has 13 heavy (non-hydrogen) atoms. The van der Waals surface area contributed by atoms with E-state index in [2.05, 4.69) is 39.1 Å². The van der Waals surface area contributed by atoms with Gasteiger partial charge in [0.2, 0.25) is 0 Å². The van der Waals surface area contributed by atoms with Gasteiger partial charge in [0.15, 0.2) is 0 Å². The first-order chi connectivity index (χ1) is 6.42. The van der Waals surface area contributed by atoms with E-state index in [4.69, 9.17) is 0 Å². The number of alkyl halides is 1. The number of aryl methyl sites for hydroxylation is 1. The third-order valence-corrected chi connectivity index (χ3v) is 2.53. The fourth-order valence-electron chi connectivity index (χ4n) is 1.50. The van der Waals surface area contributed by atoms with Gasteiger partial charge in [0.25, 0.3) is 0 Å². The molecule has 0 spiro atoms. The van der Waals surface area contributed by atoms with E-state index in [1.165, 1.54) is 16.3 Å². The lowest BCUT2D eigenvalue weighted by Crippen LogP contribution is -1.88. The molecule has 2 aromatic rings. The first-order valence-corrected chi connectivity index (χ1v) is 5.41. The van der Waals surface area contributed by atoms with E-state index in [9.17, 15) is 0 Å². The summed E-state index contributed by atoms with van der Waals surface area (Å²) in [5.41, 5.74) is 1.36. The number of pyridine rings is 1. The third kappa shape index (κ3) is 1.73. The second kappa shape index (κ2) is 3.88. The Labute approximate surface area is 85.9 Å². The van der Waals surface area contributed by atoms with Crippen LogP contribution in [0.1, 0.15) is 5.56 Å². The molecule has 0 aliphatic rings. The number of rotatable bonds is 2. The molecule has 0 amide bonds. The van der Waals surface area contributed by atoms with Gasteiger partial charge in [0, 0.05) is 23.1 Å².